The van der Waals surface area contributed by atoms with Gasteiger partial charge < -0.3 is 10.6 Å². The first-order valence-corrected chi connectivity index (χ1v) is 5.56. The number of hydrogen-bond donors (Lipinski definition) is 1. The molecule has 88 valence electrons. The van der Waals surface area contributed by atoms with Crippen molar-refractivity contribution in [2.24, 2.45) is 0 Å². The van der Waals surface area contributed by atoms with Gasteiger partial charge in [-0.2, -0.15) is 0 Å². The maximum atomic E-state index is 5.88. The molecule has 0 spiro atoms. The highest BCUT2D eigenvalue weighted by Gasteiger charge is 2.06. The van der Waals surface area contributed by atoms with Gasteiger partial charge in [0, 0.05) is 19.3 Å². The molecule has 1 heterocycles. The number of hydrogen-bond acceptors (Lipinski definition) is 4. The van der Waals surface area contributed by atoms with Crippen molar-refractivity contribution in [3.05, 3.63) is 47.2 Å². The van der Waals surface area contributed by atoms with Crippen LogP contribution in [0.3, 0.4) is 0 Å². The number of halogens is 1. The van der Waals surface area contributed by atoms with Gasteiger partial charge in [-0.3, -0.25) is 0 Å². The van der Waals surface area contributed by atoms with E-state index in [4.69, 9.17) is 17.3 Å². The normalized spacial score (nSPS) is 10.2. The van der Waals surface area contributed by atoms with Gasteiger partial charge in [0.25, 0.3) is 0 Å². The summed E-state index contributed by atoms with van der Waals surface area (Å²) in [6.45, 7) is 0.661. The van der Waals surface area contributed by atoms with Gasteiger partial charge >= 0.3 is 0 Å². The second-order valence-corrected chi connectivity index (χ2v) is 4.19. The predicted molar refractivity (Wildman–Crippen MR) is 70.0 cm³/mol. The Balaban J connectivity index is 2.14. The fourth-order valence-electron chi connectivity index (χ4n) is 1.51. The van der Waals surface area contributed by atoms with Gasteiger partial charge in [0.1, 0.15) is 0 Å². The molecule has 1 aromatic heterocycles. The number of para-hydroxylation sites is 1. The molecule has 0 saturated heterocycles. The van der Waals surface area contributed by atoms with Crippen molar-refractivity contribution in [1.82, 2.24) is 9.97 Å². The van der Waals surface area contributed by atoms with E-state index in [1.165, 1.54) is 0 Å². The van der Waals surface area contributed by atoms with Gasteiger partial charge in [-0.25, -0.2) is 9.97 Å². The molecule has 17 heavy (non-hydrogen) atoms. The third kappa shape index (κ3) is 2.85. The summed E-state index contributed by atoms with van der Waals surface area (Å²) in [4.78, 5) is 10.2. The monoisotopic (exact) mass is 248 g/mol. The number of anilines is 2. The van der Waals surface area contributed by atoms with Crippen molar-refractivity contribution in [3.8, 4) is 0 Å². The molecule has 0 aliphatic rings. The average Bonchev–Trinajstić information content (AvgIpc) is 2.33. The fraction of sp³-hybridized carbons (Fsp3) is 0.167. The average molecular weight is 249 g/mol. The van der Waals surface area contributed by atoms with Crippen molar-refractivity contribution < 1.29 is 0 Å². The summed E-state index contributed by atoms with van der Waals surface area (Å²) >= 11 is 5.74. The van der Waals surface area contributed by atoms with Crippen LogP contribution in [0.15, 0.2) is 36.7 Å². The van der Waals surface area contributed by atoms with E-state index in [1.807, 2.05) is 36.2 Å². The molecule has 0 atom stereocenters. The molecule has 4 nitrogen and oxygen atoms in total. The number of nitrogens with zero attached hydrogens (tertiary/aromatic N) is 3. The second kappa shape index (κ2) is 5.01. The van der Waals surface area contributed by atoms with E-state index in [0.29, 0.717) is 17.5 Å². The summed E-state index contributed by atoms with van der Waals surface area (Å²) in [7, 11) is 1.91. The van der Waals surface area contributed by atoms with E-state index in [1.54, 1.807) is 12.4 Å². The van der Waals surface area contributed by atoms with Crippen molar-refractivity contribution in [2.45, 2.75) is 6.54 Å². The van der Waals surface area contributed by atoms with Crippen LogP contribution >= 0.6 is 11.6 Å². The summed E-state index contributed by atoms with van der Waals surface area (Å²) in [5.41, 5.74) is 7.70. The van der Waals surface area contributed by atoms with Crippen LogP contribution in [-0.4, -0.2) is 17.0 Å². The fourth-order valence-corrected chi connectivity index (χ4v) is 1.60. The van der Waals surface area contributed by atoms with Gasteiger partial charge in [-0.15, -0.1) is 0 Å². The lowest BCUT2D eigenvalue weighted by Gasteiger charge is -2.17. The summed E-state index contributed by atoms with van der Waals surface area (Å²) < 4.78 is 0. The van der Waals surface area contributed by atoms with E-state index < -0.39 is 0 Å². The Kier molecular flexibility index (Phi) is 3.44. The molecular formula is C12H13ClN4. The number of nitrogens with two attached hydrogens (primary N) is 1. The quantitative estimate of drug-likeness (QED) is 0.848. The summed E-state index contributed by atoms with van der Waals surface area (Å²) in [6, 6.07) is 7.74. The number of benzene rings is 1. The third-order valence-corrected chi connectivity index (χ3v) is 2.61. The minimum Gasteiger partial charge on any atom is -0.398 e. The lowest BCUT2D eigenvalue weighted by Crippen LogP contribution is -2.19. The van der Waals surface area contributed by atoms with E-state index in [-0.39, 0.29) is 0 Å². The molecule has 0 aliphatic carbocycles. The van der Waals surface area contributed by atoms with Crippen LogP contribution in [0.5, 0.6) is 0 Å². The zero-order valence-corrected chi connectivity index (χ0v) is 10.2. The summed E-state index contributed by atoms with van der Waals surface area (Å²) in [5, 5.41) is 0.529. The Morgan fingerprint density at radius 1 is 1.24 bits per heavy atom. The van der Waals surface area contributed by atoms with Gasteiger partial charge in [0.05, 0.1) is 17.4 Å². The number of rotatable bonds is 3. The Morgan fingerprint density at radius 2 is 1.88 bits per heavy atom. The molecule has 1 aromatic carbocycles. The summed E-state index contributed by atoms with van der Waals surface area (Å²) in [5.74, 6) is 0.623. The lowest BCUT2D eigenvalue weighted by molar-refractivity contribution is 0.868. The molecular weight excluding hydrogens is 236 g/mol. The molecule has 2 rings (SSSR count). The smallest absolute Gasteiger partial charge is 0.225 e. The van der Waals surface area contributed by atoms with Gasteiger partial charge in [0.2, 0.25) is 5.95 Å². The molecule has 0 bridgehead atoms. The first-order valence-electron chi connectivity index (χ1n) is 5.19. The molecule has 2 aromatic rings. The van der Waals surface area contributed by atoms with Gasteiger partial charge in [-0.1, -0.05) is 29.8 Å². The highest BCUT2D eigenvalue weighted by atomic mass is 35.5. The lowest BCUT2D eigenvalue weighted by atomic mass is 10.2. The molecule has 5 heteroatoms. The SMILES string of the molecule is CN(Cc1ccccc1N)c1ncc(Cl)cn1. The highest BCUT2D eigenvalue weighted by Crippen LogP contribution is 2.16. The van der Waals surface area contributed by atoms with Crippen molar-refractivity contribution >= 4 is 23.2 Å². The molecule has 2 N–H and O–H groups in total. The molecule has 0 saturated carbocycles. The van der Waals surface area contributed by atoms with E-state index in [2.05, 4.69) is 9.97 Å². The Bertz CT molecular complexity index is 498. The van der Waals surface area contributed by atoms with E-state index in [9.17, 15) is 0 Å². The molecule has 0 aliphatic heterocycles. The van der Waals surface area contributed by atoms with E-state index in [0.717, 1.165) is 11.3 Å². The van der Waals surface area contributed by atoms with E-state index >= 15 is 0 Å². The minimum absolute atomic E-state index is 0.529. The van der Waals surface area contributed by atoms with Crippen LogP contribution in [0.25, 0.3) is 0 Å². The maximum Gasteiger partial charge on any atom is 0.225 e. The van der Waals surface area contributed by atoms with Crippen LogP contribution in [0.4, 0.5) is 11.6 Å². The molecule has 0 unspecified atom stereocenters. The van der Waals surface area contributed by atoms with Crippen LogP contribution < -0.4 is 10.6 Å². The minimum atomic E-state index is 0.529. The van der Waals surface area contributed by atoms with Crippen LogP contribution in [0, 0.1) is 0 Å². The molecule has 0 radical (unpaired) electrons. The van der Waals surface area contributed by atoms with Crippen LogP contribution in [0.1, 0.15) is 5.56 Å². The Labute approximate surface area is 105 Å². The van der Waals surface area contributed by atoms with Crippen molar-refractivity contribution in [2.75, 3.05) is 17.7 Å². The largest absolute Gasteiger partial charge is 0.398 e. The summed E-state index contributed by atoms with van der Waals surface area (Å²) in [6.07, 6.45) is 3.16. The Hall–Kier alpha value is -1.81. The topological polar surface area (TPSA) is 55.0 Å². The molecule has 0 fully saturated rings. The van der Waals surface area contributed by atoms with Crippen LogP contribution in [0.2, 0.25) is 5.02 Å². The number of nitrogen functional groups attached to an aromatic ring is 1. The van der Waals surface area contributed by atoms with Crippen molar-refractivity contribution in [3.63, 3.8) is 0 Å². The Morgan fingerprint density at radius 3 is 2.53 bits per heavy atom. The standard InChI is InChI=1S/C12H13ClN4/c1-17(12-15-6-10(13)7-16-12)8-9-4-2-3-5-11(9)14/h2-7H,8,14H2,1H3. The predicted octanol–water partition coefficient (Wildman–Crippen LogP) is 2.35. The van der Waals surface area contributed by atoms with Gasteiger partial charge in [0.15, 0.2) is 0 Å². The van der Waals surface area contributed by atoms with Crippen LogP contribution in [-0.2, 0) is 6.54 Å². The zero-order valence-electron chi connectivity index (χ0n) is 9.47. The molecule has 0 amide bonds. The first-order chi connectivity index (χ1) is 8.16. The highest BCUT2D eigenvalue weighted by molar-refractivity contribution is 6.30. The number of aromatic nitrogens is 2. The first kappa shape index (κ1) is 11.7. The van der Waals surface area contributed by atoms with Crippen molar-refractivity contribution in [1.29, 1.82) is 0 Å². The van der Waals surface area contributed by atoms with Gasteiger partial charge in [-0.05, 0) is 11.6 Å². The third-order valence-electron chi connectivity index (χ3n) is 2.41. The second-order valence-electron chi connectivity index (χ2n) is 3.76. The zero-order chi connectivity index (χ0) is 12.3. The maximum absolute atomic E-state index is 5.88.